The van der Waals surface area contributed by atoms with Crippen molar-refractivity contribution in [2.24, 2.45) is 4.99 Å². The molecule has 0 saturated heterocycles. The minimum absolute atomic E-state index is 0.252. The highest BCUT2D eigenvalue weighted by molar-refractivity contribution is 8.15. The molecule has 7 heteroatoms. The third kappa shape index (κ3) is 4.02. The number of aliphatic imine (C=N–C) groups is 1. The first kappa shape index (κ1) is 15.0. The Balaban J connectivity index is 3.18. The van der Waals surface area contributed by atoms with E-state index in [4.69, 9.17) is 16.9 Å². The molecule has 0 heterocycles. The average molecular weight is 303 g/mol. The van der Waals surface area contributed by atoms with Crippen molar-refractivity contribution in [3.63, 3.8) is 0 Å². The first-order chi connectivity index (χ1) is 8.38. The summed E-state index contributed by atoms with van der Waals surface area (Å²) in [5.74, 6) is 0. The maximum absolute atomic E-state index is 11.5. The van der Waals surface area contributed by atoms with Gasteiger partial charge in [0.2, 0.25) is 0 Å². The molecular weight excluding hydrogens is 292 g/mol. The lowest BCUT2D eigenvalue weighted by Gasteiger charge is -2.08. The van der Waals surface area contributed by atoms with Gasteiger partial charge in [0.05, 0.1) is 11.8 Å². The van der Waals surface area contributed by atoms with Crippen LogP contribution in [0.2, 0.25) is 5.02 Å². The van der Waals surface area contributed by atoms with Crippen LogP contribution in [0.25, 0.3) is 0 Å². The zero-order valence-electron chi connectivity index (χ0n) is 9.79. The van der Waals surface area contributed by atoms with E-state index in [9.17, 15) is 8.42 Å². The van der Waals surface area contributed by atoms with Crippen molar-refractivity contribution in [1.82, 2.24) is 0 Å². The highest BCUT2D eigenvalue weighted by atomic mass is 35.5. The molecule has 96 valence electrons. The number of nitriles is 1. The summed E-state index contributed by atoms with van der Waals surface area (Å²) in [7, 11) is -3.49. The van der Waals surface area contributed by atoms with Crippen molar-refractivity contribution < 1.29 is 8.42 Å². The van der Waals surface area contributed by atoms with Gasteiger partial charge in [0, 0.05) is 11.3 Å². The number of rotatable bonds is 3. The largest absolute Gasteiger partial charge is 0.244 e. The zero-order chi connectivity index (χ0) is 13.8. The van der Waals surface area contributed by atoms with Gasteiger partial charge in [-0.2, -0.15) is 5.26 Å². The molecule has 0 aromatic heterocycles. The van der Waals surface area contributed by atoms with Crippen molar-refractivity contribution in [2.45, 2.75) is 5.25 Å². The second-order valence-corrected chi connectivity index (χ2v) is 6.86. The van der Waals surface area contributed by atoms with E-state index in [0.29, 0.717) is 10.7 Å². The molecule has 0 fully saturated rings. The van der Waals surface area contributed by atoms with Crippen LogP contribution in [0.5, 0.6) is 0 Å². The predicted molar refractivity (Wildman–Crippen MR) is 76.3 cm³/mol. The third-order valence-corrected chi connectivity index (χ3v) is 4.38. The fourth-order valence-corrected chi connectivity index (χ4v) is 3.20. The Morgan fingerprint density at radius 2 is 2.00 bits per heavy atom. The number of nitrogens with zero attached hydrogens (tertiary/aromatic N) is 2. The van der Waals surface area contributed by atoms with Crippen molar-refractivity contribution in [1.29, 1.82) is 5.26 Å². The molecular formula is C11H11ClN2O2S2. The minimum Gasteiger partial charge on any atom is -0.244 e. The Labute approximate surface area is 116 Å². The number of halogens is 1. The van der Waals surface area contributed by atoms with Crippen LogP contribution < -0.4 is 0 Å². The molecule has 0 spiro atoms. The van der Waals surface area contributed by atoms with Crippen LogP contribution in [-0.2, 0) is 9.84 Å². The SMILES string of the molecule is CSC(=Nc1ccc(Cl)cc1)C(C#N)S(C)(=O)=O. The molecule has 0 aliphatic carbocycles. The molecule has 1 unspecified atom stereocenters. The summed E-state index contributed by atoms with van der Waals surface area (Å²) in [4.78, 5) is 4.18. The van der Waals surface area contributed by atoms with Gasteiger partial charge in [-0.25, -0.2) is 13.4 Å². The van der Waals surface area contributed by atoms with E-state index in [-0.39, 0.29) is 5.04 Å². The van der Waals surface area contributed by atoms with Crippen LogP contribution in [0.1, 0.15) is 0 Å². The van der Waals surface area contributed by atoms with Crippen LogP contribution in [-0.4, -0.2) is 31.2 Å². The fourth-order valence-electron chi connectivity index (χ4n) is 1.19. The van der Waals surface area contributed by atoms with E-state index in [1.165, 1.54) is 0 Å². The van der Waals surface area contributed by atoms with E-state index in [1.54, 1.807) is 36.6 Å². The number of hydrogen-bond acceptors (Lipinski definition) is 5. The summed E-state index contributed by atoms with van der Waals surface area (Å²) in [5.41, 5.74) is 0.563. The van der Waals surface area contributed by atoms with Gasteiger partial charge in [0.15, 0.2) is 15.1 Å². The van der Waals surface area contributed by atoms with Crippen LogP contribution in [0, 0.1) is 11.3 Å². The smallest absolute Gasteiger partial charge is 0.195 e. The summed E-state index contributed by atoms with van der Waals surface area (Å²) in [5, 5.41) is 8.53. The third-order valence-electron chi connectivity index (χ3n) is 2.04. The molecule has 1 rings (SSSR count). The molecule has 0 N–H and O–H groups in total. The van der Waals surface area contributed by atoms with E-state index >= 15 is 0 Å². The Bertz CT molecular complexity index is 588. The van der Waals surface area contributed by atoms with Crippen LogP contribution in [0.3, 0.4) is 0 Å². The zero-order valence-corrected chi connectivity index (χ0v) is 12.2. The number of benzene rings is 1. The Kier molecular flexibility index (Phi) is 5.20. The summed E-state index contributed by atoms with van der Waals surface area (Å²) in [6.07, 6.45) is 2.71. The summed E-state index contributed by atoms with van der Waals surface area (Å²) in [6, 6.07) is 8.39. The molecule has 0 aliphatic rings. The second kappa shape index (κ2) is 6.23. The summed E-state index contributed by atoms with van der Waals surface area (Å²) in [6.45, 7) is 0. The molecule has 0 bridgehead atoms. The number of sulfone groups is 1. The molecule has 0 aliphatic heterocycles. The molecule has 1 aromatic carbocycles. The maximum atomic E-state index is 11.5. The Morgan fingerprint density at radius 3 is 2.39 bits per heavy atom. The maximum Gasteiger partial charge on any atom is 0.195 e. The molecule has 0 saturated carbocycles. The lowest BCUT2D eigenvalue weighted by Crippen LogP contribution is -2.25. The van der Waals surface area contributed by atoms with Gasteiger partial charge in [-0.1, -0.05) is 11.6 Å². The predicted octanol–water partition coefficient (Wildman–Crippen LogP) is 2.67. The van der Waals surface area contributed by atoms with Gasteiger partial charge < -0.3 is 0 Å². The minimum atomic E-state index is -3.49. The first-order valence-corrected chi connectivity index (χ1v) is 8.41. The van der Waals surface area contributed by atoms with Gasteiger partial charge in [-0.05, 0) is 30.5 Å². The van der Waals surface area contributed by atoms with Gasteiger partial charge >= 0.3 is 0 Å². The standard InChI is InChI=1S/C11H11ClN2O2S2/c1-17-11(10(7-13)18(2,15)16)14-9-5-3-8(12)4-6-9/h3-6,10H,1-2H3. The second-order valence-electron chi connectivity index (χ2n) is 3.47. The lowest BCUT2D eigenvalue weighted by molar-refractivity contribution is 0.602. The number of hydrogen-bond donors (Lipinski definition) is 0. The van der Waals surface area contributed by atoms with E-state index < -0.39 is 15.1 Å². The van der Waals surface area contributed by atoms with Crippen molar-refractivity contribution in [3.8, 4) is 6.07 Å². The van der Waals surface area contributed by atoms with Crippen LogP contribution in [0.15, 0.2) is 29.3 Å². The highest BCUT2D eigenvalue weighted by Crippen LogP contribution is 2.20. The Hall–Kier alpha value is -1.03. The van der Waals surface area contributed by atoms with Gasteiger partial charge in [0.25, 0.3) is 0 Å². The molecule has 0 radical (unpaired) electrons. The lowest BCUT2D eigenvalue weighted by atomic mass is 10.3. The summed E-state index contributed by atoms with van der Waals surface area (Å²) < 4.78 is 22.9. The molecule has 1 aromatic rings. The van der Waals surface area contributed by atoms with Crippen molar-refractivity contribution in [2.75, 3.05) is 12.5 Å². The number of thioether (sulfide) groups is 1. The molecule has 0 amide bonds. The van der Waals surface area contributed by atoms with Crippen molar-refractivity contribution >= 4 is 43.9 Å². The highest BCUT2D eigenvalue weighted by Gasteiger charge is 2.26. The Morgan fingerprint density at radius 1 is 1.44 bits per heavy atom. The fraction of sp³-hybridized carbons (Fsp3) is 0.273. The van der Waals surface area contributed by atoms with E-state index in [1.807, 2.05) is 0 Å². The van der Waals surface area contributed by atoms with Crippen LogP contribution in [0.4, 0.5) is 5.69 Å². The van der Waals surface area contributed by atoms with Gasteiger partial charge in [-0.15, -0.1) is 11.8 Å². The average Bonchev–Trinajstić information content (AvgIpc) is 2.29. The van der Waals surface area contributed by atoms with Gasteiger partial charge in [-0.3, -0.25) is 0 Å². The van der Waals surface area contributed by atoms with Gasteiger partial charge in [0.1, 0.15) is 5.04 Å². The summed E-state index contributed by atoms with van der Waals surface area (Å²) >= 11 is 6.89. The molecule has 1 atom stereocenters. The van der Waals surface area contributed by atoms with E-state index in [0.717, 1.165) is 18.0 Å². The van der Waals surface area contributed by atoms with Crippen LogP contribution >= 0.6 is 23.4 Å². The molecule has 4 nitrogen and oxygen atoms in total. The normalized spacial score (nSPS) is 14.0. The quantitative estimate of drug-likeness (QED) is 0.636. The molecule has 18 heavy (non-hydrogen) atoms. The topological polar surface area (TPSA) is 70.3 Å². The monoisotopic (exact) mass is 302 g/mol. The van der Waals surface area contributed by atoms with E-state index in [2.05, 4.69) is 4.99 Å². The first-order valence-electron chi connectivity index (χ1n) is 4.85. The van der Waals surface area contributed by atoms with Crippen molar-refractivity contribution in [3.05, 3.63) is 29.3 Å².